The van der Waals surface area contributed by atoms with Gasteiger partial charge in [0.25, 0.3) is 5.91 Å². The highest BCUT2D eigenvalue weighted by Gasteiger charge is 2.32. The Morgan fingerprint density at radius 1 is 1.10 bits per heavy atom. The van der Waals surface area contributed by atoms with Gasteiger partial charge in [-0.3, -0.25) is 4.79 Å². The number of nitrogens with zero attached hydrogens (tertiary/aromatic N) is 1. The van der Waals surface area contributed by atoms with Gasteiger partial charge in [0.2, 0.25) is 0 Å². The second-order valence-corrected chi connectivity index (χ2v) is 6.07. The minimum absolute atomic E-state index is 0.344. The molecule has 0 saturated heterocycles. The summed E-state index contributed by atoms with van der Waals surface area (Å²) in [6.45, 7) is -0.791. The van der Waals surface area contributed by atoms with Crippen LogP contribution in [0.2, 0.25) is 5.02 Å². The second kappa shape index (κ2) is 9.69. The number of hydrogen-bond donors (Lipinski definition) is 1. The molecule has 1 N–H and O–H groups in total. The lowest BCUT2D eigenvalue weighted by atomic mass is 10.2. The molecule has 0 unspecified atom stereocenters. The normalized spacial score (nSPS) is 12.0. The first kappa shape index (κ1) is 24.0. The Kier molecular flexibility index (Phi) is 7.50. The van der Waals surface area contributed by atoms with Gasteiger partial charge < -0.3 is 14.8 Å². The van der Waals surface area contributed by atoms with Crippen LogP contribution in [0.4, 0.5) is 32.2 Å². The molecule has 1 aromatic carbocycles. The third-order valence-electron chi connectivity index (χ3n) is 3.30. The predicted octanol–water partition coefficient (Wildman–Crippen LogP) is 4.85. The maximum atomic E-state index is 12.6. The van der Waals surface area contributed by atoms with Crippen LogP contribution in [0, 0.1) is 0 Å². The van der Waals surface area contributed by atoms with Crippen LogP contribution in [-0.4, -0.2) is 29.8 Å². The fraction of sp³-hybridized carbons (Fsp3) is 0.167. The third kappa shape index (κ3) is 8.16. The van der Waals surface area contributed by atoms with Gasteiger partial charge >= 0.3 is 18.5 Å². The van der Waals surface area contributed by atoms with E-state index in [2.05, 4.69) is 19.8 Å². The minimum Gasteiger partial charge on any atom is -0.452 e. The number of esters is 1. The lowest BCUT2D eigenvalue weighted by molar-refractivity contribution is -0.274. The molecule has 1 heterocycles. The molecule has 0 bridgehead atoms. The van der Waals surface area contributed by atoms with E-state index in [0.29, 0.717) is 17.8 Å². The molecule has 1 amide bonds. The van der Waals surface area contributed by atoms with Crippen molar-refractivity contribution < 1.29 is 45.4 Å². The number of ether oxygens (including phenoxy) is 2. The molecule has 31 heavy (non-hydrogen) atoms. The van der Waals surface area contributed by atoms with E-state index < -0.39 is 47.4 Å². The van der Waals surface area contributed by atoms with Crippen LogP contribution >= 0.6 is 11.6 Å². The first-order valence-corrected chi connectivity index (χ1v) is 8.44. The molecule has 0 saturated carbocycles. The van der Waals surface area contributed by atoms with E-state index in [1.54, 1.807) is 0 Å². The van der Waals surface area contributed by atoms with E-state index in [0.717, 1.165) is 18.2 Å². The molecule has 166 valence electrons. The largest absolute Gasteiger partial charge is 0.573 e. The topological polar surface area (TPSA) is 77.5 Å². The highest BCUT2D eigenvalue weighted by Crippen LogP contribution is 2.32. The average Bonchev–Trinajstić information content (AvgIpc) is 2.65. The summed E-state index contributed by atoms with van der Waals surface area (Å²) in [5.41, 5.74) is -0.762. The number of hydrogen-bond acceptors (Lipinski definition) is 5. The number of amides is 1. The van der Waals surface area contributed by atoms with Gasteiger partial charge in [-0.1, -0.05) is 23.7 Å². The van der Waals surface area contributed by atoms with Gasteiger partial charge in [-0.2, -0.15) is 13.2 Å². The predicted molar refractivity (Wildman–Crippen MR) is 96.0 cm³/mol. The van der Waals surface area contributed by atoms with E-state index in [4.69, 9.17) is 11.6 Å². The van der Waals surface area contributed by atoms with Gasteiger partial charge in [-0.15, -0.1) is 13.2 Å². The van der Waals surface area contributed by atoms with Crippen molar-refractivity contribution in [2.75, 3.05) is 11.9 Å². The standard InChI is InChI=1S/C18H11ClF6N2O4/c19-13-7-11(17(20,21)22)8-26-16(13)27-14(28)9-30-15(29)6-3-10-1-4-12(5-2-10)31-18(23,24)25/h1-8H,9H2,(H,26,27,28)/b6-3+. The van der Waals surface area contributed by atoms with Crippen molar-refractivity contribution in [2.45, 2.75) is 12.5 Å². The Morgan fingerprint density at radius 2 is 1.74 bits per heavy atom. The smallest absolute Gasteiger partial charge is 0.452 e. The zero-order chi connectivity index (χ0) is 23.2. The van der Waals surface area contributed by atoms with Crippen molar-refractivity contribution in [3.8, 4) is 5.75 Å². The van der Waals surface area contributed by atoms with Crippen LogP contribution < -0.4 is 10.1 Å². The van der Waals surface area contributed by atoms with Crippen molar-refractivity contribution in [3.05, 3.63) is 58.8 Å². The summed E-state index contributed by atoms with van der Waals surface area (Å²) < 4.78 is 82.2. The summed E-state index contributed by atoms with van der Waals surface area (Å²) >= 11 is 5.64. The molecule has 0 fully saturated rings. The Morgan fingerprint density at radius 3 is 2.29 bits per heavy atom. The second-order valence-electron chi connectivity index (χ2n) is 5.66. The van der Waals surface area contributed by atoms with Gasteiger partial charge in [-0.25, -0.2) is 9.78 Å². The van der Waals surface area contributed by atoms with E-state index in [-0.39, 0.29) is 5.82 Å². The Balaban J connectivity index is 1.85. The van der Waals surface area contributed by atoms with Crippen molar-refractivity contribution in [1.82, 2.24) is 4.98 Å². The van der Waals surface area contributed by atoms with Crippen LogP contribution in [0.5, 0.6) is 5.75 Å². The quantitative estimate of drug-likeness (QED) is 0.373. The number of aromatic nitrogens is 1. The first-order chi connectivity index (χ1) is 14.3. The molecule has 0 atom stereocenters. The summed E-state index contributed by atoms with van der Waals surface area (Å²) in [7, 11) is 0. The maximum absolute atomic E-state index is 12.6. The molecule has 1 aromatic heterocycles. The summed E-state index contributed by atoms with van der Waals surface area (Å²) in [6.07, 6.45) is -6.89. The van der Waals surface area contributed by atoms with Crippen LogP contribution in [0.1, 0.15) is 11.1 Å². The summed E-state index contributed by atoms with van der Waals surface area (Å²) in [4.78, 5) is 26.8. The molecule has 2 rings (SSSR count). The molecular weight excluding hydrogens is 458 g/mol. The molecular formula is C18H11ClF6N2O4. The first-order valence-electron chi connectivity index (χ1n) is 8.07. The number of halogens is 7. The summed E-state index contributed by atoms with van der Waals surface area (Å²) in [5.74, 6) is -2.67. The number of rotatable bonds is 6. The van der Waals surface area contributed by atoms with E-state index in [1.165, 1.54) is 18.2 Å². The van der Waals surface area contributed by atoms with Crippen molar-refractivity contribution in [2.24, 2.45) is 0 Å². The van der Waals surface area contributed by atoms with Gasteiger partial charge in [0.1, 0.15) is 5.75 Å². The van der Waals surface area contributed by atoms with Crippen LogP contribution in [0.25, 0.3) is 6.08 Å². The molecule has 2 aromatic rings. The van der Waals surface area contributed by atoms with Crippen molar-refractivity contribution in [1.29, 1.82) is 0 Å². The number of pyridine rings is 1. The molecule has 0 aliphatic carbocycles. The number of carbonyl (C=O) groups excluding carboxylic acids is 2. The lowest BCUT2D eigenvalue weighted by Crippen LogP contribution is -2.21. The van der Waals surface area contributed by atoms with E-state index in [9.17, 15) is 35.9 Å². The Bertz CT molecular complexity index is 974. The third-order valence-corrected chi connectivity index (χ3v) is 3.59. The van der Waals surface area contributed by atoms with Gasteiger partial charge in [0.15, 0.2) is 12.4 Å². The SMILES string of the molecule is O=C(COC(=O)/C=C/c1ccc(OC(F)(F)F)cc1)Nc1ncc(C(F)(F)F)cc1Cl. The number of carbonyl (C=O) groups is 2. The Labute approximate surface area is 175 Å². The van der Waals surface area contributed by atoms with Crippen molar-refractivity contribution >= 4 is 35.4 Å². The highest BCUT2D eigenvalue weighted by atomic mass is 35.5. The van der Waals surface area contributed by atoms with Gasteiger partial charge in [-0.05, 0) is 29.8 Å². The van der Waals surface area contributed by atoms with Crippen molar-refractivity contribution in [3.63, 3.8) is 0 Å². The Hall–Kier alpha value is -3.28. The average molecular weight is 469 g/mol. The number of benzene rings is 1. The molecule has 0 aliphatic heterocycles. The fourth-order valence-corrected chi connectivity index (χ4v) is 2.20. The molecule has 13 heteroatoms. The zero-order valence-corrected chi connectivity index (χ0v) is 15.8. The van der Waals surface area contributed by atoms with Gasteiger partial charge in [0.05, 0.1) is 10.6 Å². The molecule has 0 spiro atoms. The summed E-state index contributed by atoms with van der Waals surface area (Å²) in [6, 6.07) is 5.13. The molecule has 0 aliphatic rings. The van der Waals surface area contributed by atoms with Crippen LogP contribution in [-0.2, 0) is 20.5 Å². The molecule has 0 radical (unpaired) electrons. The van der Waals surface area contributed by atoms with Crippen LogP contribution in [0.15, 0.2) is 42.6 Å². The monoisotopic (exact) mass is 468 g/mol. The van der Waals surface area contributed by atoms with E-state index in [1.807, 2.05) is 0 Å². The minimum atomic E-state index is -4.83. The highest BCUT2D eigenvalue weighted by molar-refractivity contribution is 6.33. The van der Waals surface area contributed by atoms with E-state index >= 15 is 0 Å². The number of nitrogens with one attached hydrogen (secondary N) is 1. The van der Waals surface area contributed by atoms with Crippen LogP contribution in [0.3, 0.4) is 0 Å². The summed E-state index contributed by atoms with van der Waals surface area (Å²) in [5, 5.41) is 1.62. The maximum Gasteiger partial charge on any atom is 0.573 e. The lowest BCUT2D eigenvalue weighted by Gasteiger charge is -2.10. The fourth-order valence-electron chi connectivity index (χ4n) is 1.98. The number of anilines is 1. The van der Waals surface area contributed by atoms with Gasteiger partial charge in [0, 0.05) is 12.3 Å². The zero-order valence-electron chi connectivity index (χ0n) is 15.1. The molecule has 6 nitrogen and oxygen atoms in total. The number of alkyl halides is 6.